The second-order valence-electron chi connectivity index (χ2n) is 4.60. The van der Waals surface area contributed by atoms with Gasteiger partial charge in [-0.15, -0.1) is 22.7 Å². The van der Waals surface area contributed by atoms with Gasteiger partial charge in [-0.05, 0) is 24.3 Å². The average molecular weight is 379 g/mol. The topological polar surface area (TPSA) is 66.5 Å². The van der Waals surface area contributed by atoms with Crippen LogP contribution in [0.15, 0.2) is 28.5 Å². The highest BCUT2D eigenvalue weighted by Crippen LogP contribution is 2.27. The molecule has 22 heavy (non-hydrogen) atoms. The molecule has 0 unspecified atom stereocenters. The van der Waals surface area contributed by atoms with Gasteiger partial charge in [0.05, 0.1) is 10.9 Å². The molecule has 1 amide bonds. The van der Waals surface area contributed by atoms with Crippen LogP contribution in [-0.4, -0.2) is 25.7 Å². The number of nitrogens with one attached hydrogen (secondary N) is 1. The predicted octanol–water partition coefficient (Wildman–Crippen LogP) is 2.92. The normalized spacial score (nSPS) is 11.8. The third kappa shape index (κ3) is 4.30. The summed E-state index contributed by atoms with van der Waals surface area (Å²) in [4.78, 5) is 12.6. The first-order valence-electron chi connectivity index (χ1n) is 6.33. The van der Waals surface area contributed by atoms with Gasteiger partial charge in [-0.3, -0.25) is 4.79 Å². The van der Waals surface area contributed by atoms with Gasteiger partial charge in [0.25, 0.3) is 10.0 Å². The molecule has 0 aliphatic heterocycles. The Morgan fingerprint density at radius 2 is 1.91 bits per heavy atom. The van der Waals surface area contributed by atoms with E-state index in [0.717, 1.165) is 21.1 Å². The number of nitrogens with zero attached hydrogens (tertiary/aromatic N) is 1. The molecule has 0 saturated carbocycles. The molecule has 120 valence electrons. The molecule has 0 atom stereocenters. The Morgan fingerprint density at radius 3 is 2.50 bits per heavy atom. The monoisotopic (exact) mass is 378 g/mol. The Labute approximate surface area is 142 Å². The summed E-state index contributed by atoms with van der Waals surface area (Å²) in [6.07, 6.45) is 0. The molecule has 0 radical (unpaired) electrons. The predicted molar refractivity (Wildman–Crippen MR) is 89.8 cm³/mol. The molecule has 2 heterocycles. The fraction of sp³-hybridized carbons (Fsp3) is 0.308. The van der Waals surface area contributed by atoms with Crippen molar-refractivity contribution in [3.63, 3.8) is 0 Å². The lowest BCUT2D eigenvalue weighted by molar-refractivity contribution is -0.119. The maximum Gasteiger partial charge on any atom is 0.252 e. The first-order chi connectivity index (χ1) is 10.3. The number of rotatable bonds is 6. The SMILES string of the molecule is CC(=O)NCc1ccc(S(=O)(=O)N(C)Cc2ccc(Cl)s2)s1. The van der Waals surface area contributed by atoms with E-state index in [4.69, 9.17) is 11.6 Å². The van der Waals surface area contributed by atoms with Gasteiger partial charge >= 0.3 is 0 Å². The minimum Gasteiger partial charge on any atom is -0.351 e. The smallest absolute Gasteiger partial charge is 0.252 e. The number of halogens is 1. The molecular weight excluding hydrogens is 364 g/mol. The van der Waals surface area contributed by atoms with Crippen molar-refractivity contribution in [1.82, 2.24) is 9.62 Å². The molecule has 0 spiro atoms. The summed E-state index contributed by atoms with van der Waals surface area (Å²) in [5, 5.41) is 2.65. The lowest BCUT2D eigenvalue weighted by atomic mass is 10.4. The molecule has 0 bridgehead atoms. The van der Waals surface area contributed by atoms with Gasteiger partial charge in [0.2, 0.25) is 5.91 Å². The van der Waals surface area contributed by atoms with E-state index in [2.05, 4.69) is 5.32 Å². The summed E-state index contributed by atoms with van der Waals surface area (Å²) in [7, 11) is -2.01. The van der Waals surface area contributed by atoms with Crippen molar-refractivity contribution in [3.05, 3.63) is 38.4 Å². The highest BCUT2D eigenvalue weighted by molar-refractivity contribution is 7.91. The summed E-state index contributed by atoms with van der Waals surface area (Å²) >= 11 is 8.37. The first-order valence-corrected chi connectivity index (χ1v) is 9.78. The van der Waals surface area contributed by atoms with Crippen LogP contribution < -0.4 is 5.32 Å². The number of sulfonamides is 1. The van der Waals surface area contributed by atoms with Crippen LogP contribution in [-0.2, 0) is 27.9 Å². The van der Waals surface area contributed by atoms with E-state index < -0.39 is 10.0 Å². The average Bonchev–Trinajstić information content (AvgIpc) is 3.05. The second kappa shape index (κ2) is 7.10. The van der Waals surface area contributed by atoms with E-state index in [-0.39, 0.29) is 16.7 Å². The van der Waals surface area contributed by atoms with Crippen LogP contribution in [0.1, 0.15) is 16.7 Å². The number of thiophene rings is 2. The van der Waals surface area contributed by atoms with Crippen molar-refractivity contribution < 1.29 is 13.2 Å². The zero-order valence-corrected chi connectivity index (χ0v) is 15.2. The Morgan fingerprint density at radius 1 is 1.23 bits per heavy atom. The lowest BCUT2D eigenvalue weighted by Gasteiger charge is -2.14. The van der Waals surface area contributed by atoms with E-state index in [0.29, 0.717) is 10.9 Å². The van der Waals surface area contributed by atoms with Gasteiger partial charge in [-0.25, -0.2) is 8.42 Å². The van der Waals surface area contributed by atoms with Crippen molar-refractivity contribution in [2.45, 2.75) is 24.2 Å². The molecule has 0 fully saturated rings. The number of carbonyl (C=O) groups excluding carboxylic acids is 1. The van der Waals surface area contributed by atoms with Crippen LogP contribution in [0.5, 0.6) is 0 Å². The highest BCUT2D eigenvalue weighted by Gasteiger charge is 2.23. The van der Waals surface area contributed by atoms with Crippen molar-refractivity contribution in [3.8, 4) is 0 Å². The van der Waals surface area contributed by atoms with E-state index in [1.165, 1.54) is 29.6 Å². The van der Waals surface area contributed by atoms with Crippen molar-refractivity contribution in [2.75, 3.05) is 7.05 Å². The molecule has 2 aromatic rings. The van der Waals surface area contributed by atoms with Gasteiger partial charge in [-0.1, -0.05) is 11.6 Å². The molecule has 9 heteroatoms. The van der Waals surface area contributed by atoms with Crippen LogP contribution in [0.2, 0.25) is 4.34 Å². The maximum absolute atomic E-state index is 12.5. The third-order valence-corrected chi connectivity index (χ3v) is 7.39. The van der Waals surface area contributed by atoms with Gasteiger partial charge in [-0.2, -0.15) is 4.31 Å². The van der Waals surface area contributed by atoms with Gasteiger partial charge in [0, 0.05) is 30.3 Å². The molecule has 0 saturated heterocycles. The molecule has 5 nitrogen and oxygen atoms in total. The molecule has 2 aromatic heterocycles. The molecular formula is C13H15ClN2O3S3. The summed E-state index contributed by atoms with van der Waals surface area (Å²) in [6.45, 7) is 2.03. The van der Waals surface area contributed by atoms with Gasteiger partial charge in [0.1, 0.15) is 4.21 Å². The van der Waals surface area contributed by atoms with Crippen molar-refractivity contribution in [1.29, 1.82) is 0 Å². The largest absolute Gasteiger partial charge is 0.351 e. The molecule has 1 N–H and O–H groups in total. The highest BCUT2D eigenvalue weighted by atomic mass is 35.5. The lowest BCUT2D eigenvalue weighted by Crippen LogP contribution is -2.25. The number of amides is 1. The van der Waals surface area contributed by atoms with Crippen molar-refractivity contribution >= 4 is 50.2 Å². The number of hydrogen-bond acceptors (Lipinski definition) is 5. The molecule has 2 rings (SSSR count). The summed E-state index contributed by atoms with van der Waals surface area (Å²) in [5.74, 6) is -0.149. The Kier molecular flexibility index (Phi) is 5.62. The molecule has 0 aliphatic carbocycles. The van der Waals surface area contributed by atoms with Crippen LogP contribution in [0.3, 0.4) is 0 Å². The van der Waals surface area contributed by atoms with Crippen LogP contribution in [0, 0.1) is 0 Å². The Hall–Kier alpha value is -0.930. The minimum absolute atomic E-state index is 0.149. The molecule has 0 aromatic carbocycles. The number of carbonyl (C=O) groups is 1. The van der Waals surface area contributed by atoms with Crippen molar-refractivity contribution in [2.24, 2.45) is 0 Å². The summed E-state index contributed by atoms with van der Waals surface area (Å²) < 4.78 is 27.2. The van der Waals surface area contributed by atoms with Crippen LogP contribution in [0.25, 0.3) is 0 Å². The van der Waals surface area contributed by atoms with Crippen LogP contribution in [0.4, 0.5) is 0 Å². The summed E-state index contributed by atoms with van der Waals surface area (Å²) in [5.41, 5.74) is 0. The van der Waals surface area contributed by atoms with E-state index in [1.54, 1.807) is 18.2 Å². The fourth-order valence-corrected chi connectivity index (χ4v) is 5.58. The fourth-order valence-electron chi connectivity index (χ4n) is 1.70. The van der Waals surface area contributed by atoms with Crippen LogP contribution >= 0.6 is 34.3 Å². The second-order valence-corrected chi connectivity index (χ2v) is 9.84. The Balaban J connectivity index is 2.10. The van der Waals surface area contributed by atoms with Gasteiger partial charge in [0.15, 0.2) is 0 Å². The van der Waals surface area contributed by atoms with E-state index >= 15 is 0 Å². The van der Waals surface area contributed by atoms with E-state index in [1.807, 2.05) is 6.07 Å². The number of hydrogen-bond donors (Lipinski definition) is 1. The summed E-state index contributed by atoms with van der Waals surface area (Å²) in [6, 6.07) is 6.84. The first kappa shape index (κ1) is 17.4. The van der Waals surface area contributed by atoms with Gasteiger partial charge < -0.3 is 5.32 Å². The zero-order chi connectivity index (χ0) is 16.3. The third-order valence-electron chi connectivity index (χ3n) is 2.82. The van der Waals surface area contributed by atoms with E-state index in [9.17, 15) is 13.2 Å². The minimum atomic E-state index is -3.54. The quantitative estimate of drug-likeness (QED) is 0.840. The Bertz CT molecular complexity index is 767. The zero-order valence-electron chi connectivity index (χ0n) is 12.0. The molecule has 0 aliphatic rings. The standard InChI is InChI=1S/C13H15ClN2O3S3/c1-9(17)15-7-10-4-6-13(21-10)22(18,19)16(2)8-11-3-5-12(14)20-11/h3-6H,7-8H2,1-2H3,(H,15,17). The maximum atomic E-state index is 12.5.